The molecule has 0 saturated heterocycles. The first-order chi connectivity index (χ1) is 13.0. The molecule has 1 aromatic heterocycles. The molecule has 0 bridgehead atoms. The van der Waals surface area contributed by atoms with Gasteiger partial charge in [-0.3, -0.25) is 9.59 Å². The number of aromatic nitrogens is 3. The topological polar surface area (TPSA) is 129 Å². The van der Waals surface area contributed by atoms with E-state index in [1.807, 2.05) is 0 Å². The largest absolute Gasteiger partial charge is 0.366 e. The number of halogens is 1. The molecule has 0 aliphatic heterocycles. The van der Waals surface area contributed by atoms with Gasteiger partial charge in [0.05, 0.1) is 11.3 Å². The monoisotopic (exact) mass is 386 g/mol. The maximum Gasteiger partial charge on any atom is 0.248 e. The van der Waals surface area contributed by atoms with E-state index in [-0.39, 0.29) is 28.2 Å². The number of primary amides is 1. The molecule has 27 heavy (non-hydrogen) atoms. The molecular weight excluding hydrogens is 371 g/mol. The number of anilines is 1. The number of nitrogens with zero attached hydrogens (tertiary/aromatic N) is 3. The minimum Gasteiger partial charge on any atom is -0.366 e. The van der Waals surface area contributed by atoms with Crippen molar-refractivity contribution in [3.63, 3.8) is 0 Å². The molecule has 2 amide bonds. The predicted octanol–water partition coefficient (Wildman–Crippen LogP) is 1.63. The second kappa shape index (κ2) is 7.87. The smallest absolute Gasteiger partial charge is 0.248 e. The summed E-state index contributed by atoms with van der Waals surface area (Å²) in [6.45, 7) is 0. The normalized spacial score (nSPS) is 10.6. The van der Waals surface area contributed by atoms with Gasteiger partial charge in [0.2, 0.25) is 17.0 Å². The van der Waals surface area contributed by atoms with Crippen LogP contribution in [0.2, 0.25) is 0 Å². The number of thioether (sulfide) groups is 1. The number of rotatable bonds is 6. The van der Waals surface area contributed by atoms with Crippen molar-refractivity contribution in [1.29, 1.82) is 0 Å². The van der Waals surface area contributed by atoms with Crippen LogP contribution in [0.3, 0.4) is 0 Å². The number of nitrogens with two attached hydrogens (primary N) is 2. The Labute approximate surface area is 157 Å². The summed E-state index contributed by atoms with van der Waals surface area (Å²) < 4.78 is 15.0. The highest BCUT2D eigenvalue weighted by Gasteiger charge is 2.16. The average Bonchev–Trinajstić information content (AvgIpc) is 3.01. The quantitative estimate of drug-likeness (QED) is 0.436. The lowest BCUT2D eigenvalue weighted by Crippen LogP contribution is -2.17. The fourth-order valence-electron chi connectivity index (χ4n) is 2.25. The Morgan fingerprint density at radius 3 is 2.48 bits per heavy atom. The van der Waals surface area contributed by atoms with E-state index in [2.05, 4.69) is 15.5 Å². The van der Waals surface area contributed by atoms with Crippen molar-refractivity contribution in [3.8, 4) is 11.4 Å². The lowest BCUT2D eigenvalue weighted by Gasteiger charge is -2.06. The van der Waals surface area contributed by atoms with E-state index < -0.39 is 11.7 Å². The summed E-state index contributed by atoms with van der Waals surface area (Å²) in [6.07, 6.45) is 0. The van der Waals surface area contributed by atoms with Gasteiger partial charge in [-0.1, -0.05) is 23.9 Å². The van der Waals surface area contributed by atoms with Crippen molar-refractivity contribution in [1.82, 2.24) is 14.9 Å². The van der Waals surface area contributed by atoms with Crippen molar-refractivity contribution in [2.45, 2.75) is 5.16 Å². The van der Waals surface area contributed by atoms with Crippen LogP contribution in [0.1, 0.15) is 10.4 Å². The van der Waals surface area contributed by atoms with E-state index in [1.165, 1.54) is 18.2 Å². The van der Waals surface area contributed by atoms with Crippen molar-refractivity contribution in [3.05, 3.63) is 59.9 Å². The number of nitrogens with one attached hydrogen (secondary N) is 1. The van der Waals surface area contributed by atoms with Crippen LogP contribution in [0.25, 0.3) is 11.4 Å². The van der Waals surface area contributed by atoms with Crippen molar-refractivity contribution >= 4 is 29.3 Å². The lowest BCUT2D eigenvalue weighted by atomic mass is 10.2. The van der Waals surface area contributed by atoms with Crippen LogP contribution in [0.15, 0.2) is 53.7 Å². The van der Waals surface area contributed by atoms with Gasteiger partial charge >= 0.3 is 0 Å². The Bertz CT molecular complexity index is 989. The Kier molecular flexibility index (Phi) is 5.36. The first-order valence-electron chi connectivity index (χ1n) is 7.73. The number of hydrogen-bond donors (Lipinski definition) is 3. The molecule has 0 fully saturated rings. The van der Waals surface area contributed by atoms with E-state index in [9.17, 15) is 14.0 Å². The van der Waals surface area contributed by atoms with E-state index in [0.717, 1.165) is 16.4 Å². The molecule has 138 valence electrons. The Morgan fingerprint density at radius 1 is 1.11 bits per heavy atom. The van der Waals surface area contributed by atoms with Crippen molar-refractivity contribution in [2.24, 2.45) is 5.73 Å². The summed E-state index contributed by atoms with van der Waals surface area (Å²) in [4.78, 5) is 23.1. The third kappa shape index (κ3) is 4.23. The molecule has 0 saturated carbocycles. The number of benzene rings is 2. The molecule has 10 heteroatoms. The first-order valence-corrected chi connectivity index (χ1v) is 8.72. The minimum absolute atomic E-state index is 0.0180. The Balaban J connectivity index is 1.62. The van der Waals surface area contributed by atoms with Crippen LogP contribution in [0.5, 0.6) is 0 Å². The Hall–Kier alpha value is -3.40. The van der Waals surface area contributed by atoms with Crippen molar-refractivity contribution in [2.75, 3.05) is 16.9 Å². The van der Waals surface area contributed by atoms with Gasteiger partial charge in [0.25, 0.3) is 0 Å². The number of carbonyl (C=O) groups excluding carboxylic acids is 2. The zero-order valence-electron chi connectivity index (χ0n) is 13.9. The van der Waals surface area contributed by atoms with Crippen LogP contribution in [0, 0.1) is 5.82 Å². The van der Waals surface area contributed by atoms with E-state index in [4.69, 9.17) is 11.6 Å². The number of hydrogen-bond acceptors (Lipinski definition) is 6. The molecule has 8 nitrogen and oxygen atoms in total. The van der Waals surface area contributed by atoms with Crippen molar-refractivity contribution < 1.29 is 14.0 Å². The molecule has 0 atom stereocenters. The van der Waals surface area contributed by atoms with Gasteiger partial charge in [-0.25, -0.2) is 9.07 Å². The molecule has 1 heterocycles. The summed E-state index contributed by atoms with van der Waals surface area (Å²) in [5, 5.41) is 10.7. The third-order valence-corrected chi connectivity index (χ3v) is 4.51. The molecule has 5 N–H and O–H groups in total. The lowest BCUT2D eigenvalue weighted by molar-refractivity contribution is -0.113. The highest BCUT2D eigenvalue weighted by molar-refractivity contribution is 7.99. The van der Waals surface area contributed by atoms with Gasteiger partial charge < -0.3 is 16.9 Å². The molecule has 3 rings (SSSR count). The SMILES string of the molecule is NC(=O)c1ccc(NC(=O)CSc2nnc(-c3ccccc3F)n2N)cc1. The summed E-state index contributed by atoms with van der Waals surface area (Å²) in [5.41, 5.74) is 6.25. The standard InChI is InChI=1S/C17H15FN6O2S/c18-13-4-2-1-3-12(13)16-22-23-17(24(16)20)27-9-14(25)21-11-7-5-10(6-8-11)15(19)26/h1-8H,9,20H2,(H2,19,26)(H,21,25). The number of carbonyl (C=O) groups is 2. The van der Waals surface area contributed by atoms with E-state index in [1.54, 1.807) is 30.3 Å². The zero-order chi connectivity index (χ0) is 19.4. The molecule has 0 radical (unpaired) electrons. The fraction of sp³-hybridized carbons (Fsp3) is 0.0588. The number of amides is 2. The second-order valence-electron chi connectivity index (χ2n) is 5.43. The third-order valence-electron chi connectivity index (χ3n) is 3.56. The highest BCUT2D eigenvalue weighted by atomic mass is 32.2. The van der Waals surface area contributed by atoms with Gasteiger partial charge in [-0.15, -0.1) is 10.2 Å². The molecule has 0 aliphatic carbocycles. The first kappa shape index (κ1) is 18.4. The van der Waals surface area contributed by atoms with Gasteiger partial charge in [0.15, 0.2) is 5.82 Å². The molecule has 2 aromatic carbocycles. The predicted molar refractivity (Wildman–Crippen MR) is 99.9 cm³/mol. The Morgan fingerprint density at radius 2 is 1.81 bits per heavy atom. The summed E-state index contributed by atoms with van der Waals surface area (Å²) in [5.74, 6) is 4.78. The summed E-state index contributed by atoms with van der Waals surface area (Å²) >= 11 is 1.06. The van der Waals surface area contributed by atoms with Gasteiger partial charge in [-0.05, 0) is 36.4 Å². The van der Waals surface area contributed by atoms with Crippen LogP contribution in [-0.2, 0) is 4.79 Å². The van der Waals surface area contributed by atoms with E-state index >= 15 is 0 Å². The average molecular weight is 386 g/mol. The maximum absolute atomic E-state index is 13.9. The summed E-state index contributed by atoms with van der Waals surface area (Å²) in [6, 6.07) is 12.2. The van der Waals surface area contributed by atoms with Gasteiger partial charge in [-0.2, -0.15) is 0 Å². The van der Waals surface area contributed by atoms with Crippen LogP contribution < -0.4 is 16.9 Å². The number of nitrogen functional groups attached to an aromatic ring is 1. The highest BCUT2D eigenvalue weighted by Crippen LogP contribution is 2.23. The molecule has 0 spiro atoms. The van der Waals surface area contributed by atoms with Gasteiger partial charge in [0.1, 0.15) is 5.82 Å². The second-order valence-corrected chi connectivity index (χ2v) is 6.38. The van der Waals surface area contributed by atoms with Crippen LogP contribution in [0.4, 0.5) is 10.1 Å². The zero-order valence-corrected chi connectivity index (χ0v) is 14.7. The summed E-state index contributed by atoms with van der Waals surface area (Å²) in [7, 11) is 0. The molecule has 3 aromatic rings. The minimum atomic E-state index is -0.545. The van der Waals surface area contributed by atoms with Crippen LogP contribution >= 0.6 is 11.8 Å². The van der Waals surface area contributed by atoms with E-state index in [0.29, 0.717) is 11.3 Å². The molecular formula is C17H15FN6O2S. The van der Waals surface area contributed by atoms with Crippen LogP contribution in [-0.4, -0.2) is 32.4 Å². The molecule has 0 aliphatic rings. The molecule has 0 unspecified atom stereocenters. The fourth-order valence-corrected chi connectivity index (χ4v) is 2.90. The maximum atomic E-state index is 13.9. The van der Waals surface area contributed by atoms with Gasteiger partial charge in [0, 0.05) is 11.3 Å².